The summed E-state index contributed by atoms with van der Waals surface area (Å²) in [5.74, 6) is -0.422. The van der Waals surface area contributed by atoms with E-state index in [4.69, 9.17) is 13.9 Å². The normalized spacial score (nSPS) is 10.0. The average Bonchev–Trinajstić information content (AvgIpc) is 3.19. The van der Waals surface area contributed by atoms with E-state index >= 15 is 0 Å². The van der Waals surface area contributed by atoms with Crippen LogP contribution >= 0.6 is 0 Å². The zero-order valence-corrected chi connectivity index (χ0v) is 15.2. The highest BCUT2D eigenvalue weighted by Gasteiger charge is 2.11. The molecule has 28 heavy (non-hydrogen) atoms. The van der Waals surface area contributed by atoms with Crippen LogP contribution in [-0.2, 0) is 20.9 Å². The minimum absolute atomic E-state index is 0.0451. The van der Waals surface area contributed by atoms with Gasteiger partial charge in [-0.05, 0) is 43.3 Å². The Kier molecular flexibility index (Phi) is 7.77. The van der Waals surface area contributed by atoms with Crippen molar-refractivity contribution < 1.29 is 33.1 Å². The van der Waals surface area contributed by atoms with Gasteiger partial charge < -0.3 is 19.2 Å². The van der Waals surface area contributed by atoms with E-state index in [-0.39, 0.29) is 25.4 Å². The summed E-state index contributed by atoms with van der Waals surface area (Å²) < 4.78 is 15.2. The average molecular weight is 388 g/mol. The lowest BCUT2D eigenvalue weighted by Crippen LogP contribution is -2.41. The second-order valence-corrected chi connectivity index (χ2v) is 5.65. The van der Waals surface area contributed by atoms with Gasteiger partial charge in [0.15, 0.2) is 12.4 Å². The first kappa shape index (κ1) is 20.7. The number of furan rings is 1. The first-order valence-electron chi connectivity index (χ1n) is 8.43. The molecule has 0 bridgehead atoms. The molecule has 3 amide bonds. The third-order valence-electron chi connectivity index (χ3n) is 3.46. The molecule has 0 saturated carbocycles. The zero-order valence-electron chi connectivity index (χ0n) is 15.2. The summed E-state index contributed by atoms with van der Waals surface area (Å²) in [6.45, 7) is 1.05. The Morgan fingerprint density at radius 1 is 1.07 bits per heavy atom. The van der Waals surface area contributed by atoms with Gasteiger partial charge in [0.25, 0.3) is 5.91 Å². The summed E-state index contributed by atoms with van der Waals surface area (Å²) in [6.07, 6.45) is 1.39. The van der Waals surface area contributed by atoms with Gasteiger partial charge in [-0.3, -0.25) is 19.7 Å². The van der Waals surface area contributed by atoms with Crippen molar-refractivity contribution in [2.24, 2.45) is 0 Å². The minimum atomic E-state index is -0.758. The molecule has 9 heteroatoms. The predicted octanol–water partition coefficient (Wildman–Crippen LogP) is 1.82. The second kappa shape index (κ2) is 10.5. The maximum Gasteiger partial charge on any atom is 0.321 e. The van der Waals surface area contributed by atoms with Crippen LogP contribution in [0.3, 0.4) is 0 Å². The van der Waals surface area contributed by atoms with Gasteiger partial charge in [0.1, 0.15) is 11.5 Å². The number of Topliss-reactive ketones (excluding diaryl/α,β-unsaturated/α-hetero) is 1. The fourth-order valence-corrected chi connectivity index (χ4v) is 2.04. The maximum absolute atomic E-state index is 11.6. The molecule has 2 rings (SSSR count). The lowest BCUT2D eigenvalue weighted by molar-refractivity contribution is -0.148. The van der Waals surface area contributed by atoms with Gasteiger partial charge in [-0.15, -0.1) is 0 Å². The van der Waals surface area contributed by atoms with Crippen LogP contribution in [0.1, 0.15) is 29.5 Å². The lowest BCUT2D eigenvalue weighted by Gasteiger charge is -2.08. The van der Waals surface area contributed by atoms with E-state index in [0.717, 1.165) is 0 Å². The van der Waals surface area contributed by atoms with Gasteiger partial charge >= 0.3 is 12.0 Å². The number of hydrogen-bond acceptors (Lipinski definition) is 7. The largest absolute Gasteiger partial charge is 0.493 e. The summed E-state index contributed by atoms with van der Waals surface area (Å²) >= 11 is 0. The van der Waals surface area contributed by atoms with Gasteiger partial charge in [-0.1, -0.05) is 0 Å². The summed E-state index contributed by atoms with van der Waals surface area (Å²) in [6, 6.07) is 9.10. The summed E-state index contributed by atoms with van der Waals surface area (Å²) in [4.78, 5) is 45.9. The first-order chi connectivity index (χ1) is 13.4. The number of hydrogen-bond donors (Lipinski definition) is 2. The van der Waals surface area contributed by atoms with E-state index in [1.165, 1.54) is 13.2 Å². The number of ether oxygens (including phenoxy) is 2. The minimum Gasteiger partial charge on any atom is -0.493 e. The molecular formula is C19H20N2O7. The Labute approximate surface area is 161 Å². The number of benzene rings is 1. The smallest absolute Gasteiger partial charge is 0.321 e. The third kappa shape index (κ3) is 7.32. The first-order valence-corrected chi connectivity index (χ1v) is 8.43. The van der Waals surface area contributed by atoms with Crippen LogP contribution in [0.25, 0.3) is 0 Å². The fraction of sp³-hybridized carbons (Fsp3) is 0.263. The number of ketones is 1. The monoisotopic (exact) mass is 388 g/mol. The molecule has 1 aromatic heterocycles. The molecule has 0 spiro atoms. The number of carbonyl (C=O) groups excluding carboxylic acids is 4. The number of rotatable bonds is 9. The van der Waals surface area contributed by atoms with E-state index in [2.05, 4.69) is 5.32 Å². The Morgan fingerprint density at radius 2 is 1.82 bits per heavy atom. The summed E-state index contributed by atoms with van der Waals surface area (Å²) in [5, 5.41) is 4.45. The van der Waals surface area contributed by atoms with Gasteiger partial charge in [0, 0.05) is 5.56 Å². The van der Waals surface area contributed by atoms with Gasteiger partial charge in [-0.2, -0.15) is 0 Å². The quantitative estimate of drug-likeness (QED) is 0.496. The number of amides is 3. The fourth-order valence-electron chi connectivity index (χ4n) is 2.04. The topological polar surface area (TPSA) is 124 Å². The van der Waals surface area contributed by atoms with Crippen molar-refractivity contribution in [2.45, 2.75) is 19.9 Å². The van der Waals surface area contributed by atoms with Crippen LogP contribution in [0.2, 0.25) is 0 Å². The van der Waals surface area contributed by atoms with Crippen LogP contribution in [0, 0.1) is 0 Å². The standard InChI is InChI=1S/C19H20N2O7/c1-13(22)14-4-6-15(7-5-14)27-10-8-18(24)28-12-17(23)21-19(25)20-11-16-3-2-9-26-16/h2-7,9H,8,10-12H2,1H3,(H2,20,21,23,25). The Bertz CT molecular complexity index is 813. The molecule has 1 aromatic carbocycles. The Morgan fingerprint density at radius 3 is 2.46 bits per heavy atom. The molecule has 0 aliphatic rings. The highest BCUT2D eigenvalue weighted by atomic mass is 16.5. The molecule has 0 aliphatic carbocycles. The zero-order chi connectivity index (χ0) is 20.4. The van der Waals surface area contributed by atoms with E-state index in [9.17, 15) is 19.2 Å². The van der Waals surface area contributed by atoms with Crippen molar-refractivity contribution >= 4 is 23.7 Å². The van der Waals surface area contributed by atoms with Crippen molar-refractivity contribution in [1.29, 1.82) is 0 Å². The molecule has 2 N–H and O–H groups in total. The van der Waals surface area contributed by atoms with E-state index in [0.29, 0.717) is 17.1 Å². The number of nitrogens with one attached hydrogen (secondary N) is 2. The van der Waals surface area contributed by atoms with Crippen LogP contribution in [0.5, 0.6) is 5.75 Å². The SMILES string of the molecule is CC(=O)c1ccc(OCCC(=O)OCC(=O)NC(=O)NCc2ccco2)cc1. The van der Waals surface area contributed by atoms with Crippen molar-refractivity contribution in [2.75, 3.05) is 13.2 Å². The van der Waals surface area contributed by atoms with Crippen LogP contribution in [0.15, 0.2) is 47.1 Å². The molecule has 9 nitrogen and oxygen atoms in total. The van der Waals surface area contributed by atoms with Crippen molar-refractivity contribution in [3.63, 3.8) is 0 Å². The van der Waals surface area contributed by atoms with Gasteiger partial charge in [0.05, 0.1) is 25.8 Å². The second-order valence-electron chi connectivity index (χ2n) is 5.65. The van der Waals surface area contributed by atoms with Crippen LogP contribution in [-0.4, -0.2) is 36.9 Å². The Balaban J connectivity index is 1.58. The van der Waals surface area contributed by atoms with E-state index in [1.807, 2.05) is 5.32 Å². The number of carbonyl (C=O) groups is 4. The van der Waals surface area contributed by atoms with E-state index in [1.54, 1.807) is 36.4 Å². The molecule has 0 radical (unpaired) electrons. The molecule has 2 aromatic rings. The maximum atomic E-state index is 11.6. The highest BCUT2D eigenvalue weighted by Crippen LogP contribution is 2.12. The summed E-state index contributed by atoms with van der Waals surface area (Å²) in [5.41, 5.74) is 0.561. The number of esters is 1. The third-order valence-corrected chi connectivity index (χ3v) is 3.46. The molecule has 0 atom stereocenters. The highest BCUT2D eigenvalue weighted by molar-refractivity contribution is 5.95. The molecule has 0 saturated heterocycles. The van der Waals surface area contributed by atoms with Crippen LogP contribution in [0.4, 0.5) is 4.79 Å². The van der Waals surface area contributed by atoms with E-state index < -0.39 is 24.5 Å². The molecule has 0 unspecified atom stereocenters. The molecule has 0 fully saturated rings. The van der Waals surface area contributed by atoms with Crippen LogP contribution < -0.4 is 15.4 Å². The Hall–Kier alpha value is -3.62. The van der Waals surface area contributed by atoms with Crippen molar-refractivity contribution in [3.8, 4) is 5.75 Å². The van der Waals surface area contributed by atoms with Gasteiger partial charge in [-0.25, -0.2) is 4.79 Å². The van der Waals surface area contributed by atoms with Gasteiger partial charge in [0.2, 0.25) is 0 Å². The lowest BCUT2D eigenvalue weighted by atomic mass is 10.1. The predicted molar refractivity (Wildman–Crippen MR) is 96.6 cm³/mol. The molecular weight excluding hydrogens is 368 g/mol. The van der Waals surface area contributed by atoms with Crippen molar-refractivity contribution in [1.82, 2.24) is 10.6 Å². The number of imide groups is 1. The number of urea groups is 1. The molecule has 0 aliphatic heterocycles. The van der Waals surface area contributed by atoms with Crippen molar-refractivity contribution in [3.05, 3.63) is 54.0 Å². The summed E-state index contributed by atoms with van der Waals surface area (Å²) in [7, 11) is 0. The molecule has 1 heterocycles. The molecule has 148 valence electrons.